The summed E-state index contributed by atoms with van der Waals surface area (Å²) in [6.45, 7) is 1.55. The second-order valence-electron chi connectivity index (χ2n) is 2.67. The smallest absolute Gasteiger partial charge is 0.135 e. The van der Waals surface area contributed by atoms with Gasteiger partial charge in [-0.1, -0.05) is 42.5 Å². The van der Waals surface area contributed by atoms with Crippen molar-refractivity contribution in [2.45, 2.75) is 13.3 Å². The van der Waals surface area contributed by atoms with Crippen LogP contribution in [0.25, 0.3) is 0 Å². The first-order valence-corrected chi connectivity index (χ1v) is 4.18. The van der Waals surface area contributed by atoms with Crippen LogP contribution in [0.2, 0.25) is 0 Å². The molecule has 0 N–H and O–H groups in total. The zero-order valence-corrected chi connectivity index (χ0v) is 11.4. The molecule has 1 aromatic carbocycles. The van der Waals surface area contributed by atoms with Gasteiger partial charge < -0.3 is 0 Å². The molecule has 0 radical (unpaired) electrons. The summed E-state index contributed by atoms with van der Waals surface area (Å²) in [6, 6.07) is 9.61. The van der Waals surface area contributed by atoms with Crippen LogP contribution in [0.4, 0.5) is 0 Å². The summed E-state index contributed by atoms with van der Waals surface area (Å²) in [7, 11) is 0. The second-order valence-corrected chi connectivity index (χ2v) is 3.16. The Morgan fingerprint density at radius 1 is 1.31 bits per heavy atom. The Kier molecular flexibility index (Phi) is 5.93. The molecule has 0 bridgehead atoms. The van der Waals surface area contributed by atoms with Gasteiger partial charge in [-0.15, -0.1) is 0 Å². The van der Waals surface area contributed by atoms with E-state index >= 15 is 0 Å². The molecule has 0 heterocycles. The molecular weight excluding hydrogens is 234 g/mol. The van der Waals surface area contributed by atoms with Crippen LogP contribution in [0.1, 0.15) is 18.9 Å². The second kappa shape index (κ2) is 6.12. The van der Waals surface area contributed by atoms with Gasteiger partial charge in [0.05, 0.1) is 0 Å². The Morgan fingerprint density at radius 3 is 2.31 bits per heavy atom. The Labute approximate surface area is 96.3 Å². The summed E-state index contributed by atoms with van der Waals surface area (Å²) in [4.78, 5) is 11.5. The minimum absolute atomic E-state index is 0. The van der Waals surface area contributed by atoms with Crippen molar-refractivity contribution in [3.8, 4) is 0 Å². The van der Waals surface area contributed by atoms with Gasteiger partial charge in [0, 0.05) is 30.8 Å². The number of hydrogen-bond acceptors (Lipinski definition) is 2. The van der Waals surface area contributed by atoms with E-state index in [9.17, 15) is 4.79 Å². The molecule has 13 heavy (non-hydrogen) atoms. The molecule has 1 rings (SSSR count). The maximum atomic E-state index is 10.7. The van der Waals surface area contributed by atoms with Crippen molar-refractivity contribution >= 4 is 22.9 Å². The summed E-state index contributed by atoms with van der Waals surface area (Å²) in [6.07, 6.45) is 0.374. The van der Waals surface area contributed by atoms with E-state index in [1.54, 1.807) is 6.92 Å². The molecule has 3 heteroatoms. The summed E-state index contributed by atoms with van der Waals surface area (Å²) in [5, 5.41) is 0. The van der Waals surface area contributed by atoms with Crippen molar-refractivity contribution in [2.75, 3.05) is 0 Å². The largest absolute Gasteiger partial charge is 0.300 e. The maximum absolute atomic E-state index is 10.7. The average Bonchev–Trinajstić information content (AvgIpc) is 2.05. The van der Waals surface area contributed by atoms with Crippen LogP contribution in [0.3, 0.4) is 0 Å². The molecule has 0 aromatic heterocycles. The molecule has 0 saturated heterocycles. The van der Waals surface area contributed by atoms with Gasteiger partial charge in [0.25, 0.3) is 0 Å². The topological polar surface area (TPSA) is 17.1 Å². The first-order chi connectivity index (χ1) is 5.70. The number of carbonyl (C=O) groups is 1. The molecular formula is C10H10OSZn. The monoisotopic (exact) mass is 242 g/mol. The normalized spacial score (nSPS) is 8.69. The van der Waals surface area contributed by atoms with Gasteiger partial charge in [-0.2, -0.15) is 0 Å². The fourth-order valence-corrected chi connectivity index (χ4v) is 1.29. The third-order valence-corrected chi connectivity index (χ3v) is 1.89. The minimum atomic E-state index is 0. The van der Waals surface area contributed by atoms with Gasteiger partial charge in [0.15, 0.2) is 0 Å². The van der Waals surface area contributed by atoms with Crippen molar-refractivity contribution in [3.63, 3.8) is 0 Å². The Morgan fingerprint density at radius 2 is 1.85 bits per heavy atom. The first-order valence-electron chi connectivity index (χ1n) is 3.78. The van der Waals surface area contributed by atoms with Crippen LogP contribution >= 0.6 is 12.2 Å². The molecule has 1 nitrogen and oxygen atoms in total. The molecule has 0 saturated carbocycles. The quantitative estimate of drug-likeness (QED) is 0.461. The van der Waals surface area contributed by atoms with Crippen LogP contribution < -0.4 is 0 Å². The van der Waals surface area contributed by atoms with E-state index in [1.807, 2.05) is 30.3 Å². The number of thiocarbonyl (C=S) groups is 1. The predicted octanol–water partition coefficient (Wildman–Crippen LogP) is 2.38. The summed E-state index contributed by atoms with van der Waals surface area (Å²) in [5.74, 6) is 0.115. The number of hydrogen-bond donors (Lipinski definition) is 0. The van der Waals surface area contributed by atoms with Crippen LogP contribution in [0, 0.1) is 0 Å². The predicted molar refractivity (Wildman–Crippen MR) is 53.4 cm³/mol. The molecule has 0 aliphatic carbocycles. The summed E-state index contributed by atoms with van der Waals surface area (Å²) >= 11 is 5.08. The van der Waals surface area contributed by atoms with Gasteiger partial charge in [-0.3, -0.25) is 4.79 Å². The van der Waals surface area contributed by atoms with Crippen molar-refractivity contribution in [3.05, 3.63) is 35.9 Å². The fraction of sp³-hybridized carbons (Fsp3) is 0.200. The third kappa shape index (κ3) is 4.40. The molecule has 1 aromatic rings. The number of rotatable bonds is 3. The first kappa shape index (κ1) is 12.6. The zero-order valence-electron chi connectivity index (χ0n) is 7.62. The van der Waals surface area contributed by atoms with Gasteiger partial charge in [0.2, 0.25) is 0 Å². The maximum Gasteiger partial charge on any atom is 0.135 e. The van der Waals surface area contributed by atoms with Gasteiger partial charge >= 0.3 is 0 Å². The van der Waals surface area contributed by atoms with Gasteiger partial charge in [-0.25, -0.2) is 0 Å². The SMILES string of the molecule is CC(=O)CC(=S)c1ccccc1.[Zn]. The van der Waals surface area contributed by atoms with E-state index in [-0.39, 0.29) is 25.3 Å². The van der Waals surface area contributed by atoms with E-state index in [2.05, 4.69) is 0 Å². The molecule has 0 amide bonds. The van der Waals surface area contributed by atoms with Gasteiger partial charge in [-0.05, 0) is 12.5 Å². The molecule has 64 valence electrons. The molecule has 0 aliphatic heterocycles. The van der Waals surface area contributed by atoms with Crippen LogP contribution in [0.15, 0.2) is 30.3 Å². The molecule has 0 fully saturated rings. The minimum Gasteiger partial charge on any atom is -0.300 e. The Bertz CT molecular complexity index is 295. The molecule has 0 aliphatic rings. The summed E-state index contributed by atoms with van der Waals surface area (Å²) < 4.78 is 0. The standard InChI is InChI=1S/C10H10OS.Zn/c1-8(11)7-10(12)9-5-3-2-4-6-9;/h2-6H,7H2,1H3;. The number of carbonyl (C=O) groups excluding carboxylic acids is 1. The van der Waals surface area contributed by atoms with E-state index in [0.29, 0.717) is 6.42 Å². The molecule has 0 atom stereocenters. The number of ketones is 1. The number of Topliss-reactive ketones (excluding diaryl/α,β-unsaturated/α-hetero) is 1. The van der Waals surface area contributed by atoms with E-state index in [4.69, 9.17) is 12.2 Å². The van der Waals surface area contributed by atoms with E-state index < -0.39 is 0 Å². The average molecular weight is 244 g/mol. The van der Waals surface area contributed by atoms with Crippen molar-refractivity contribution in [1.29, 1.82) is 0 Å². The number of benzene rings is 1. The Balaban J connectivity index is 0.00000144. The molecule has 0 unspecified atom stereocenters. The van der Waals surface area contributed by atoms with Crippen LogP contribution in [-0.2, 0) is 24.3 Å². The fourth-order valence-electron chi connectivity index (χ4n) is 0.952. The van der Waals surface area contributed by atoms with Crippen molar-refractivity contribution in [1.82, 2.24) is 0 Å². The van der Waals surface area contributed by atoms with E-state index in [1.165, 1.54) is 0 Å². The third-order valence-electron chi connectivity index (χ3n) is 1.51. The van der Waals surface area contributed by atoms with Crippen molar-refractivity contribution in [2.24, 2.45) is 0 Å². The van der Waals surface area contributed by atoms with Crippen molar-refractivity contribution < 1.29 is 24.3 Å². The zero-order chi connectivity index (χ0) is 8.97. The van der Waals surface area contributed by atoms with Gasteiger partial charge in [0.1, 0.15) is 5.78 Å². The van der Waals surface area contributed by atoms with Crippen LogP contribution in [-0.4, -0.2) is 10.6 Å². The van der Waals surface area contributed by atoms with Crippen LogP contribution in [0.5, 0.6) is 0 Å². The Hall–Kier alpha value is -0.397. The summed E-state index contributed by atoms with van der Waals surface area (Å²) in [5.41, 5.74) is 0.975. The molecule has 0 spiro atoms. The van der Waals surface area contributed by atoms with E-state index in [0.717, 1.165) is 10.4 Å².